The van der Waals surface area contributed by atoms with Gasteiger partial charge >= 0.3 is 0 Å². The minimum atomic E-state index is 0.915. The van der Waals surface area contributed by atoms with E-state index in [1.807, 2.05) is 0 Å². The third kappa shape index (κ3) is 3.51. The van der Waals surface area contributed by atoms with E-state index in [1.54, 1.807) is 0 Å². The van der Waals surface area contributed by atoms with Crippen molar-refractivity contribution in [3.8, 4) is 22.6 Å². The van der Waals surface area contributed by atoms with Crippen molar-refractivity contribution in [3.63, 3.8) is 0 Å². The van der Waals surface area contributed by atoms with Crippen LogP contribution in [-0.2, 0) is 0 Å². The quantitative estimate of drug-likeness (QED) is 0.202. The van der Waals surface area contributed by atoms with Crippen LogP contribution < -0.4 is 0 Å². The number of fused-ring (bicyclic) bond motifs is 9. The number of rotatable bonds is 3. The van der Waals surface area contributed by atoms with E-state index in [2.05, 4.69) is 173 Å². The number of para-hydroxylation sites is 3. The lowest BCUT2D eigenvalue weighted by molar-refractivity contribution is 1.11. The van der Waals surface area contributed by atoms with Crippen LogP contribution in [-0.4, -0.2) is 14.1 Å². The Hall–Kier alpha value is -6.19. The lowest BCUT2D eigenvalue weighted by atomic mass is 10.0. The molecule has 0 amide bonds. The summed E-state index contributed by atoms with van der Waals surface area (Å²) < 4.78 is 4.84. The maximum Gasteiger partial charge on any atom is 0.138 e. The summed E-state index contributed by atoms with van der Waals surface area (Å²) in [6, 6.07) is 58.8. The van der Waals surface area contributed by atoms with Gasteiger partial charge in [-0.1, -0.05) is 127 Å². The van der Waals surface area contributed by atoms with Gasteiger partial charge in [-0.05, 0) is 52.9 Å². The van der Waals surface area contributed by atoms with Crippen LogP contribution in [0.5, 0.6) is 0 Å². The highest BCUT2D eigenvalue weighted by molar-refractivity contribution is 6.26. The van der Waals surface area contributed by atoms with Gasteiger partial charge in [-0.25, -0.2) is 4.98 Å². The van der Waals surface area contributed by atoms with Crippen molar-refractivity contribution >= 4 is 65.3 Å². The number of nitrogens with zero attached hydrogens (tertiary/aromatic N) is 3. The number of hydrogen-bond acceptors (Lipinski definition) is 1. The second-order valence-corrected chi connectivity index (χ2v) is 12.0. The van der Waals surface area contributed by atoms with Gasteiger partial charge in [0.15, 0.2) is 0 Å². The molecule has 0 fully saturated rings. The molecule has 0 aliphatic heterocycles. The van der Waals surface area contributed by atoms with Gasteiger partial charge in [0.25, 0.3) is 0 Å². The van der Waals surface area contributed by atoms with Gasteiger partial charge in [-0.2, -0.15) is 0 Å². The second kappa shape index (κ2) is 9.65. The van der Waals surface area contributed by atoms with E-state index in [0.29, 0.717) is 0 Å². The first-order valence-corrected chi connectivity index (χ1v) is 15.7. The topological polar surface area (TPSA) is 22.8 Å². The van der Waals surface area contributed by atoms with E-state index in [0.717, 1.165) is 22.2 Å². The Morgan fingerprint density at radius 2 is 1.07 bits per heavy atom. The zero-order chi connectivity index (χ0) is 30.2. The van der Waals surface area contributed by atoms with Crippen LogP contribution >= 0.6 is 0 Å². The molecule has 0 spiro atoms. The molecule has 46 heavy (non-hydrogen) atoms. The largest absolute Gasteiger partial charge is 0.309 e. The van der Waals surface area contributed by atoms with E-state index < -0.39 is 0 Å². The lowest BCUT2D eigenvalue weighted by Gasteiger charge is -2.14. The highest BCUT2D eigenvalue weighted by Crippen LogP contribution is 2.43. The molecular formula is C43H27N3. The van der Waals surface area contributed by atoms with Crippen molar-refractivity contribution in [3.05, 3.63) is 164 Å². The third-order valence-electron chi connectivity index (χ3n) is 9.49. The SMILES string of the molecule is c1ccc(-c2cc(-n3c4ccccc4c4ccc5c(c6ccccc6n5-c5cccc6ccccc56)c43)nc3ccccc23)cc1. The highest BCUT2D eigenvalue weighted by Gasteiger charge is 2.22. The average Bonchev–Trinajstić information content (AvgIpc) is 3.64. The van der Waals surface area contributed by atoms with Gasteiger partial charge in [0.1, 0.15) is 5.82 Å². The number of benzene rings is 7. The molecule has 3 nitrogen and oxygen atoms in total. The molecule has 0 saturated carbocycles. The van der Waals surface area contributed by atoms with Gasteiger partial charge in [-0.15, -0.1) is 0 Å². The van der Waals surface area contributed by atoms with Crippen molar-refractivity contribution in [1.82, 2.24) is 14.1 Å². The maximum atomic E-state index is 5.35. The summed E-state index contributed by atoms with van der Waals surface area (Å²) in [7, 11) is 0. The molecule has 3 heteroatoms. The molecule has 7 aromatic carbocycles. The monoisotopic (exact) mass is 585 g/mol. The molecule has 0 N–H and O–H groups in total. The number of pyridine rings is 1. The van der Waals surface area contributed by atoms with E-state index in [1.165, 1.54) is 65.7 Å². The molecule has 0 radical (unpaired) electrons. The van der Waals surface area contributed by atoms with E-state index in [9.17, 15) is 0 Å². The molecular weight excluding hydrogens is 558 g/mol. The smallest absolute Gasteiger partial charge is 0.138 e. The molecule has 0 atom stereocenters. The molecule has 0 unspecified atom stereocenters. The molecule has 3 aromatic heterocycles. The van der Waals surface area contributed by atoms with Crippen LogP contribution in [0.2, 0.25) is 0 Å². The summed E-state index contributed by atoms with van der Waals surface area (Å²) in [5.74, 6) is 0.915. The molecule has 0 aliphatic rings. The zero-order valence-corrected chi connectivity index (χ0v) is 24.9. The van der Waals surface area contributed by atoms with E-state index >= 15 is 0 Å². The summed E-state index contributed by atoms with van der Waals surface area (Å²) in [5, 5.41) is 8.51. The van der Waals surface area contributed by atoms with Crippen molar-refractivity contribution in [2.75, 3.05) is 0 Å². The Balaban J connectivity index is 1.40. The van der Waals surface area contributed by atoms with Crippen LogP contribution in [0.15, 0.2) is 164 Å². The van der Waals surface area contributed by atoms with Crippen molar-refractivity contribution in [2.24, 2.45) is 0 Å². The molecule has 0 bridgehead atoms. The van der Waals surface area contributed by atoms with E-state index in [4.69, 9.17) is 4.98 Å². The number of hydrogen-bond donors (Lipinski definition) is 0. The highest BCUT2D eigenvalue weighted by atomic mass is 15.1. The molecule has 214 valence electrons. The minimum absolute atomic E-state index is 0.915. The summed E-state index contributed by atoms with van der Waals surface area (Å²) in [4.78, 5) is 5.35. The summed E-state index contributed by atoms with van der Waals surface area (Å²) in [6.07, 6.45) is 0. The average molecular weight is 586 g/mol. The second-order valence-electron chi connectivity index (χ2n) is 12.0. The summed E-state index contributed by atoms with van der Waals surface area (Å²) >= 11 is 0. The first-order valence-electron chi connectivity index (χ1n) is 15.7. The first-order chi connectivity index (χ1) is 22.8. The van der Waals surface area contributed by atoms with Crippen LogP contribution in [0, 0.1) is 0 Å². The van der Waals surface area contributed by atoms with Gasteiger partial charge in [0.05, 0.1) is 33.3 Å². The molecule has 0 aliphatic carbocycles. The van der Waals surface area contributed by atoms with Crippen molar-refractivity contribution < 1.29 is 0 Å². The predicted molar refractivity (Wildman–Crippen MR) is 193 cm³/mol. The fourth-order valence-corrected chi connectivity index (χ4v) is 7.54. The fraction of sp³-hybridized carbons (Fsp3) is 0. The van der Waals surface area contributed by atoms with Gasteiger partial charge in [0.2, 0.25) is 0 Å². The molecule has 3 heterocycles. The van der Waals surface area contributed by atoms with Crippen LogP contribution in [0.25, 0.3) is 87.9 Å². The Bertz CT molecular complexity index is 2800. The summed E-state index contributed by atoms with van der Waals surface area (Å²) in [6.45, 7) is 0. The molecule has 10 aromatic rings. The van der Waals surface area contributed by atoms with Crippen LogP contribution in [0.1, 0.15) is 0 Å². The molecule has 10 rings (SSSR count). The van der Waals surface area contributed by atoms with Gasteiger partial charge in [-0.3, -0.25) is 4.57 Å². The van der Waals surface area contributed by atoms with Crippen LogP contribution in [0.3, 0.4) is 0 Å². The first kappa shape index (κ1) is 25.2. The predicted octanol–water partition coefficient (Wildman–Crippen LogP) is 11.2. The minimum Gasteiger partial charge on any atom is -0.309 e. The standard InChI is InChI=1S/C43H27N3/c1-2-13-29(14-3-1)35-27-41(44-36-21-9-6-18-31(35)36)46-38-22-10-7-19-32(38)33-25-26-40-42(43(33)46)34-20-8-11-23-39(34)45(40)37-24-12-16-28-15-4-5-17-30(28)37/h1-27H. The summed E-state index contributed by atoms with van der Waals surface area (Å²) in [5.41, 5.74) is 9.22. The third-order valence-corrected chi connectivity index (χ3v) is 9.49. The Morgan fingerprint density at radius 3 is 1.91 bits per heavy atom. The van der Waals surface area contributed by atoms with E-state index in [-0.39, 0.29) is 0 Å². The van der Waals surface area contributed by atoms with Gasteiger partial charge in [0, 0.05) is 32.3 Å². The normalized spacial score (nSPS) is 11.9. The van der Waals surface area contributed by atoms with Crippen molar-refractivity contribution in [2.45, 2.75) is 0 Å². The van der Waals surface area contributed by atoms with Gasteiger partial charge < -0.3 is 4.57 Å². The van der Waals surface area contributed by atoms with Crippen molar-refractivity contribution in [1.29, 1.82) is 0 Å². The Kier molecular flexibility index (Phi) is 5.28. The zero-order valence-electron chi connectivity index (χ0n) is 24.9. The molecule has 0 saturated heterocycles. The fourth-order valence-electron chi connectivity index (χ4n) is 7.54. The Labute approximate surface area is 265 Å². The Morgan fingerprint density at radius 1 is 0.413 bits per heavy atom. The lowest BCUT2D eigenvalue weighted by Crippen LogP contribution is -2.00. The number of aromatic nitrogens is 3. The maximum absolute atomic E-state index is 5.35. The van der Waals surface area contributed by atoms with Crippen LogP contribution in [0.4, 0.5) is 0 Å².